The Balaban J connectivity index is 1.67. The molecule has 2 N–H and O–H groups in total. The van der Waals surface area contributed by atoms with Crippen molar-refractivity contribution in [2.24, 2.45) is 12.8 Å². The smallest absolute Gasteiger partial charge is 0.252 e. The molecule has 1 aliphatic heterocycles. The highest BCUT2D eigenvalue weighted by Crippen LogP contribution is 2.22. The van der Waals surface area contributed by atoms with E-state index in [2.05, 4.69) is 33.7 Å². The number of nitrogens with zero attached hydrogens (tertiary/aromatic N) is 5. The minimum atomic E-state index is -0.429. The lowest BCUT2D eigenvalue weighted by Crippen LogP contribution is -2.46. The van der Waals surface area contributed by atoms with Crippen molar-refractivity contribution >= 4 is 11.6 Å². The summed E-state index contributed by atoms with van der Waals surface area (Å²) in [6.07, 6.45) is 3.25. The Hall–Kier alpha value is -2.41. The first kappa shape index (κ1) is 16.4. The first-order chi connectivity index (χ1) is 11.5. The van der Waals surface area contributed by atoms with E-state index in [0.29, 0.717) is 5.56 Å². The van der Waals surface area contributed by atoms with Gasteiger partial charge in [-0.05, 0) is 19.9 Å². The van der Waals surface area contributed by atoms with Gasteiger partial charge in [-0.1, -0.05) is 0 Å². The molecular formula is C17H24N6O. The van der Waals surface area contributed by atoms with Crippen LogP contribution >= 0.6 is 0 Å². The third kappa shape index (κ3) is 3.12. The standard InChI is InChI=1S/C17H24N6O/c1-12-15(13(2)21(3)20-12)11-22-6-8-23(9-7-22)16-4-5-19-10-14(16)17(18)24/h4-5,10H,6-9,11H2,1-3H3,(H2,18,24). The summed E-state index contributed by atoms with van der Waals surface area (Å²) < 4.78 is 1.94. The molecule has 0 saturated carbocycles. The van der Waals surface area contributed by atoms with Gasteiger partial charge in [-0.15, -0.1) is 0 Å². The van der Waals surface area contributed by atoms with Crippen molar-refractivity contribution in [3.8, 4) is 0 Å². The molecule has 0 unspecified atom stereocenters. The minimum absolute atomic E-state index is 0.429. The zero-order valence-corrected chi connectivity index (χ0v) is 14.5. The van der Waals surface area contributed by atoms with Gasteiger partial charge in [0.15, 0.2) is 0 Å². The Labute approximate surface area is 142 Å². The van der Waals surface area contributed by atoms with Crippen molar-refractivity contribution < 1.29 is 4.79 Å². The van der Waals surface area contributed by atoms with Gasteiger partial charge in [-0.2, -0.15) is 5.10 Å². The van der Waals surface area contributed by atoms with E-state index in [4.69, 9.17) is 5.73 Å². The van der Waals surface area contributed by atoms with E-state index in [1.807, 2.05) is 17.8 Å². The van der Waals surface area contributed by atoms with Gasteiger partial charge >= 0.3 is 0 Å². The average Bonchev–Trinajstić information content (AvgIpc) is 2.82. The number of rotatable bonds is 4. The van der Waals surface area contributed by atoms with E-state index >= 15 is 0 Å². The van der Waals surface area contributed by atoms with E-state index in [-0.39, 0.29) is 0 Å². The summed E-state index contributed by atoms with van der Waals surface area (Å²) in [5, 5.41) is 4.49. The molecule has 0 aromatic carbocycles. The number of hydrogen-bond donors (Lipinski definition) is 1. The van der Waals surface area contributed by atoms with Gasteiger partial charge in [0.2, 0.25) is 0 Å². The van der Waals surface area contributed by atoms with E-state index in [1.165, 1.54) is 11.3 Å². The Morgan fingerprint density at radius 3 is 2.54 bits per heavy atom. The van der Waals surface area contributed by atoms with Crippen molar-refractivity contribution in [3.05, 3.63) is 41.0 Å². The van der Waals surface area contributed by atoms with Crippen LogP contribution in [0, 0.1) is 13.8 Å². The number of amides is 1. The third-order valence-corrected chi connectivity index (χ3v) is 4.82. The Bertz CT molecular complexity index is 746. The van der Waals surface area contributed by atoms with Crippen LogP contribution in [0.15, 0.2) is 18.5 Å². The number of piperazine rings is 1. The summed E-state index contributed by atoms with van der Waals surface area (Å²) in [7, 11) is 1.98. The molecule has 7 heteroatoms. The molecule has 3 heterocycles. The molecule has 1 saturated heterocycles. The van der Waals surface area contributed by atoms with Gasteiger partial charge in [0, 0.05) is 63.4 Å². The van der Waals surface area contributed by atoms with Gasteiger partial charge in [-0.25, -0.2) is 0 Å². The van der Waals surface area contributed by atoms with E-state index in [9.17, 15) is 4.79 Å². The highest BCUT2D eigenvalue weighted by Gasteiger charge is 2.22. The lowest BCUT2D eigenvalue weighted by Gasteiger charge is -2.36. The monoisotopic (exact) mass is 328 g/mol. The van der Waals surface area contributed by atoms with E-state index in [0.717, 1.165) is 44.1 Å². The molecule has 1 fully saturated rings. The lowest BCUT2D eigenvalue weighted by atomic mass is 10.1. The number of nitrogens with two attached hydrogens (primary N) is 1. The van der Waals surface area contributed by atoms with Gasteiger partial charge in [0.05, 0.1) is 16.9 Å². The zero-order chi connectivity index (χ0) is 17.3. The summed E-state index contributed by atoms with van der Waals surface area (Å²) in [5.41, 5.74) is 10.5. The minimum Gasteiger partial charge on any atom is -0.368 e. The fourth-order valence-electron chi connectivity index (χ4n) is 3.27. The van der Waals surface area contributed by atoms with Crippen LogP contribution in [0.5, 0.6) is 0 Å². The second kappa shape index (κ2) is 6.60. The van der Waals surface area contributed by atoms with Crippen LogP contribution in [-0.2, 0) is 13.6 Å². The number of aryl methyl sites for hydroxylation is 2. The lowest BCUT2D eigenvalue weighted by molar-refractivity contribution is 0.1000. The molecule has 0 aliphatic carbocycles. The first-order valence-corrected chi connectivity index (χ1v) is 8.17. The highest BCUT2D eigenvalue weighted by atomic mass is 16.1. The maximum atomic E-state index is 11.6. The Morgan fingerprint density at radius 1 is 1.25 bits per heavy atom. The molecule has 0 spiro atoms. The molecule has 0 bridgehead atoms. The number of carbonyl (C=O) groups is 1. The van der Waals surface area contributed by atoms with Crippen LogP contribution in [-0.4, -0.2) is 51.8 Å². The molecule has 128 valence electrons. The van der Waals surface area contributed by atoms with Crippen molar-refractivity contribution in [2.75, 3.05) is 31.1 Å². The summed E-state index contributed by atoms with van der Waals surface area (Å²) in [6.45, 7) is 8.70. The largest absolute Gasteiger partial charge is 0.368 e. The number of hydrogen-bond acceptors (Lipinski definition) is 5. The van der Waals surface area contributed by atoms with Crippen LogP contribution in [0.2, 0.25) is 0 Å². The first-order valence-electron chi connectivity index (χ1n) is 8.17. The number of pyridine rings is 1. The van der Waals surface area contributed by atoms with Gasteiger partial charge in [-0.3, -0.25) is 19.4 Å². The molecule has 1 aliphatic rings. The topological polar surface area (TPSA) is 80.3 Å². The number of carbonyl (C=O) groups excluding carboxylic acids is 1. The van der Waals surface area contributed by atoms with Gasteiger partial charge < -0.3 is 10.6 Å². The molecule has 2 aromatic rings. The Morgan fingerprint density at radius 2 is 1.96 bits per heavy atom. The van der Waals surface area contributed by atoms with Crippen molar-refractivity contribution in [3.63, 3.8) is 0 Å². The summed E-state index contributed by atoms with van der Waals surface area (Å²) in [5.74, 6) is -0.429. The molecule has 0 radical (unpaired) electrons. The molecule has 24 heavy (non-hydrogen) atoms. The van der Waals surface area contributed by atoms with Crippen molar-refractivity contribution in [2.45, 2.75) is 20.4 Å². The number of anilines is 1. The zero-order valence-electron chi connectivity index (χ0n) is 14.5. The number of primary amides is 1. The van der Waals surface area contributed by atoms with Crippen LogP contribution in [0.4, 0.5) is 5.69 Å². The predicted octanol–water partition coefficient (Wildman–Crippen LogP) is 0.853. The summed E-state index contributed by atoms with van der Waals surface area (Å²) in [6, 6.07) is 1.87. The van der Waals surface area contributed by atoms with Crippen LogP contribution < -0.4 is 10.6 Å². The van der Waals surface area contributed by atoms with Crippen molar-refractivity contribution in [1.82, 2.24) is 19.7 Å². The maximum absolute atomic E-state index is 11.6. The molecule has 7 nitrogen and oxygen atoms in total. The summed E-state index contributed by atoms with van der Waals surface area (Å²) >= 11 is 0. The van der Waals surface area contributed by atoms with Crippen molar-refractivity contribution in [1.29, 1.82) is 0 Å². The molecule has 0 atom stereocenters. The van der Waals surface area contributed by atoms with Gasteiger partial charge in [0.1, 0.15) is 0 Å². The molecule has 2 aromatic heterocycles. The van der Waals surface area contributed by atoms with Gasteiger partial charge in [0.25, 0.3) is 5.91 Å². The van der Waals surface area contributed by atoms with Crippen LogP contribution in [0.1, 0.15) is 27.3 Å². The molecular weight excluding hydrogens is 304 g/mol. The van der Waals surface area contributed by atoms with E-state index < -0.39 is 5.91 Å². The SMILES string of the molecule is Cc1nn(C)c(C)c1CN1CCN(c2ccncc2C(N)=O)CC1. The number of aromatic nitrogens is 3. The second-order valence-corrected chi connectivity index (χ2v) is 6.29. The predicted molar refractivity (Wildman–Crippen MR) is 92.9 cm³/mol. The van der Waals surface area contributed by atoms with Crippen LogP contribution in [0.25, 0.3) is 0 Å². The fourth-order valence-corrected chi connectivity index (χ4v) is 3.27. The average molecular weight is 328 g/mol. The maximum Gasteiger partial charge on any atom is 0.252 e. The second-order valence-electron chi connectivity index (χ2n) is 6.29. The molecule has 3 rings (SSSR count). The normalized spacial score (nSPS) is 15.7. The Kier molecular flexibility index (Phi) is 4.53. The summed E-state index contributed by atoms with van der Waals surface area (Å²) in [4.78, 5) is 20.2. The van der Waals surface area contributed by atoms with Crippen LogP contribution in [0.3, 0.4) is 0 Å². The highest BCUT2D eigenvalue weighted by molar-refractivity contribution is 5.98. The molecule has 1 amide bonds. The third-order valence-electron chi connectivity index (χ3n) is 4.82. The fraction of sp³-hybridized carbons (Fsp3) is 0.471. The van der Waals surface area contributed by atoms with E-state index in [1.54, 1.807) is 12.4 Å². The quantitative estimate of drug-likeness (QED) is 0.900.